The van der Waals surface area contributed by atoms with E-state index in [4.69, 9.17) is 5.11 Å². The van der Waals surface area contributed by atoms with Crippen molar-refractivity contribution in [1.82, 2.24) is 15.1 Å². The van der Waals surface area contributed by atoms with Crippen molar-refractivity contribution in [3.8, 4) is 0 Å². The number of rotatable bonds is 8. The van der Waals surface area contributed by atoms with E-state index in [0.29, 0.717) is 19.5 Å². The molecule has 96 valence electrons. The number of nitrogens with zero attached hydrogens (tertiary/aromatic N) is 2. The van der Waals surface area contributed by atoms with Gasteiger partial charge in [-0.05, 0) is 18.9 Å². The van der Waals surface area contributed by atoms with Gasteiger partial charge in [-0.15, -0.1) is 0 Å². The highest BCUT2D eigenvalue weighted by Crippen LogP contribution is 2.01. The fourth-order valence-electron chi connectivity index (χ4n) is 1.66. The first-order valence-electron chi connectivity index (χ1n) is 6.08. The Balaban J connectivity index is 2.29. The van der Waals surface area contributed by atoms with Crippen molar-refractivity contribution in [2.75, 3.05) is 6.54 Å². The van der Waals surface area contributed by atoms with Crippen LogP contribution >= 0.6 is 0 Å². The Morgan fingerprint density at radius 3 is 2.94 bits per heavy atom. The zero-order chi connectivity index (χ0) is 12.7. The van der Waals surface area contributed by atoms with Gasteiger partial charge in [0.25, 0.3) is 0 Å². The predicted octanol–water partition coefficient (Wildman–Crippen LogP) is 1.42. The highest BCUT2D eigenvalue weighted by Gasteiger charge is 2.15. The fraction of sp³-hybridized carbons (Fsp3) is 0.667. The van der Waals surface area contributed by atoms with E-state index in [1.54, 1.807) is 6.20 Å². The number of unbranched alkanes of at least 4 members (excludes halogenated alkanes) is 1. The maximum absolute atomic E-state index is 11.0. The Bertz CT molecular complexity index is 349. The third-order valence-electron chi connectivity index (χ3n) is 2.64. The number of aliphatic carboxylic acids is 1. The molecule has 0 saturated heterocycles. The molecule has 1 heterocycles. The molecule has 5 nitrogen and oxygen atoms in total. The van der Waals surface area contributed by atoms with Gasteiger partial charge in [-0.25, -0.2) is 0 Å². The van der Waals surface area contributed by atoms with Gasteiger partial charge in [0.1, 0.15) is 6.04 Å². The Kier molecular flexibility index (Phi) is 5.69. The molecule has 0 amide bonds. The van der Waals surface area contributed by atoms with Crippen LogP contribution in [0.4, 0.5) is 0 Å². The van der Waals surface area contributed by atoms with E-state index in [9.17, 15) is 4.79 Å². The summed E-state index contributed by atoms with van der Waals surface area (Å²) in [6.07, 6.45) is 6.38. The molecule has 1 atom stereocenters. The second-order valence-electron chi connectivity index (χ2n) is 4.27. The van der Waals surface area contributed by atoms with Gasteiger partial charge in [0.2, 0.25) is 0 Å². The first-order chi connectivity index (χ1) is 8.13. The molecule has 1 aromatic rings. The molecule has 0 saturated carbocycles. The largest absolute Gasteiger partial charge is 0.480 e. The van der Waals surface area contributed by atoms with E-state index in [2.05, 4.69) is 17.3 Å². The molecule has 17 heavy (non-hydrogen) atoms. The number of hydrogen-bond acceptors (Lipinski definition) is 3. The van der Waals surface area contributed by atoms with Crippen molar-refractivity contribution in [3.63, 3.8) is 0 Å². The Labute approximate surface area is 102 Å². The van der Waals surface area contributed by atoms with Crippen LogP contribution in [0.15, 0.2) is 12.4 Å². The van der Waals surface area contributed by atoms with Gasteiger partial charge in [-0.3, -0.25) is 9.48 Å². The molecule has 0 bridgehead atoms. The zero-order valence-corrected chi connectivity index (χ0v) is 10.5. The normalized spacial score (nSPS) is 12.6. The number of aromatic nitrogens is 2. The Morgan fingerprint density at radius 1 is 1.65 bits per heavy atom. The molecular formula is C12H21N3O2. The summed E-state index contributed by atoms with van der Waals surface area (Å²) in [5.41, 5.74) is 1.12. The minimum absolute atomic E-state index is 0.438. The summed E-state index contributed by atoms with van der Waals surface area (Å²) >= 11 is 0. The second kappa shape index (κ2) is 7.06. The molecule has 0 spiro atoms. The average molecular weight is 239 g/mol. The summed E-state index contributed by atoms with van der Waals surface area (Å²) in [6, 6.07) is -0.438. The lowest BCUT2D eigenvalue weighted by molar-refractivity contribution is -0.139. The molecule has 0 fully saturated rings. The lowest BCUT2D eigenvalue weighted by Crippen LogP contribution is -2.38. The Hall–Kier alpha value is -1.36. The SMILES string of the molecule is CCCCC(NCCn1cc(C)cn1)C(=O)O. The summed E-state index contributed by atoms with van der Waals surface area (Å²) in [6.45, 7) is 5.37. The van der Waals surface area contributed by atoms with Gasteiger partial charge in [0.05, 0.1) is 12.7 Å². The van der Waals surface area contributed by atoms with E-state index >= 15 is 0 Å². The summed E-state index contributed by atoms with van der Waals surface area (Å²) in [5.74, 6) is -0.768. The van der Waals surface area contributed by atoms with Crippen LogP contribution in [0.25, 0.3) is 0 Å². The number of hydrogen-bond donors (Lipinski definition) is 2. The monoisotopic (exact) mass is 239 g/mol. The van der Waals surface area contributed by atoms with Gasteiger partial charge < -0.3 is 10.4 Å². The minimum Gasteiger partial charge on any atom is -0.480 e. The summed E-state index contributed by atoms with van der Waals surface area (Å²) < 4.78 is 1.82. The molecule has 1 aromatic heterocycles. The van der Waals surface area contributed by atoms with Crippen molar-refractivity contribution in [2.45, 2.75) is 45.7 Å². The van der Waals surface area contributed by atoms with Crippen molar-refractivity contribution >= 4 is 5.97 Å². The minimum atomic E-state index is -0.768. The van der Waals surface area contributed by atoms with E-state index in [1.165, 1.54) is 0 Å². The maximum atomic E-state index is 11.0. The van der Waals surface area contributed by atoms with E-state index in [-0.39, 0.29) is 0 Å². The van der Waals surface area contributed by atoms with E-state index < -0.39 is 12.0 Å². The third-order valence-corrected chi connectivity index (χ3v) is 2.64. The molecule has 1 unspecified atom stereocenters. The van der Waals surface area contributed by atoms with Crippen LogP contribution in [0.3, 0.4) is 0 Å². The number of carboxylic acids is 1. The number of aryl methyl sites for hydroxylation is 1. The van der Waals surface area contributed by atoms with Crippen LogP contribution in [0.5, 0.6) is 0 Å². The van der Waals surface area contributed by atoms with Gasteiger partial charge in [0.15, 0.2) is 0 Å². The molecule has 1 rings (SSSR count). The second-order valence-corrected chi connectivity index (χ2v) is 4.27. The topological polar surface area (TPSA) is 67.2 Å². The van der Waals surface area contributed by atoms with Crippen LogP contribution in [-0.2, 0) is 11.3 Å². The average Bonchev–Trinajstić information content (AvgIpc) is 2.68. The van der Waals surface area contributed by atoms with E-state index in [1.807, 2.05) is 17.8 Å². The maximum Gasteiger partial charge on any atom is 0.320 e. The molecule has 0 aliphatic carbocycles. The van der Waals surface area contributed by atoms with Gasteiger partial charge in [-0.2, -0.15) is 5.10 Å². The number of carbonyl (C=O) groups is 1. The molecule has 0 aliphatic heterocycles. The summed E-state index contributed by atoms with van der Waals surface area (Å²) in [4.78, 5) is 11.0. The summed E-state index contributed by atoms with van der Waals surface area (Å²) in [5, 5.41) is 16.2. The van der Waals surface area contributed by atoms with Gasteiger partial charge in [-0.1, -0.05) is 19.8 Å². The van der Waals surface area contributed by atoms with Gasteiger partial charge >= 0.3 is 5.97 Å². The van der Waals surface area contributed by atoms with Crippen LogP contribution in [0.2, 0.25) is 0 Å². The van der Waals surface area contributed by atoms with Gasteiger partial charge in [0, 0.05) is 12.7 Å². The molecule has 0 radical (unpaired) electrons. The number of nitrogens with one attached hydrogen (secondary N) is 1. The van der Waals surface area contributed by atoms with Crippen molar-refractivity contribution in [3.05, 3.63) is 18.0 Å². The lowest BCUT2D eigenvalue weighted by atomic mass is 10.1. The van der Waals surface area contributed by atoms with Crippen LogP contribution in [0, 0.1) is 6.92 Å². The smallest absolute Gasteiger partial charge is 0.320 e. The van der Waals surface area contributed by atoms with Crippen molar-refractivity contribution in [2.24, 2.45) is 0 Å². The molecule has 0 aliphatic rings. The first kappa shape index (κ1) is 13.7. The quantitative estimate of drug-likeness (QED) is 0.720. The third kappa shape index (κ3) is 4.99. The predicted molar refractivity (Wildman–Crippen MR) is 65.9 cm³/mol. The zero-order valence-electron chi connectivity index (χ0n) is 10.5. The lowest BCUT2D eigenvalue weighted by Gasteiger charge is -2.13. The fourth-order valence-corrected chi connectivity index (χ4v) is 1.66. The highest BCUT2D eigenvalue weighted by molar-refractivity contribution is 5.73. The molecule has 5 heteroatoms. The van der Waals surface area contributed by atoms with E-state index in [0.717, 1.165) is 18.4 Å². The number of carboxylic acid groups (broad SMARTS) is 1. The summed E-state index contributed by atoms with van der Waals surface area (Å²) in [7, 11) is 0. The van der Waals surface area contributed by atoms with Crippen LogP contribution in [-0.4, -0.2) is 33.4 Å². The molecule has 0 aromatic carbocycles. The van der Waals surface area contributed by atoms with Crippen LogP contribution < -0.4 is 5.32 Å². The standard InChI is InChI=1S/C12H21N3O2/c1-3-4-5-11(12(16)17)13-6-7-15-9-10(2)8-14-15/h8-9,11,13H,3-7H2,1-2H3,(H,16,17). The molecule has 2 N–H and O–H groups in total. The van der Waals surface area contributed by atoms with Crippen molar-refractivity contribution < 1.29 is 9.90 Å². The van der Waals surface area contributed by atoms with Crippen molar-refractivity contribution in [1.29, 1.82) is 0 Å². The highest BCUT2D eigenvalue weighted by atomic mass is 16.4. The molecular weight excluding hydrogens is 218 g/mol. The van der Waals surface area contributed by atoms with Crippen LogP contribution in [0.1, 0.15) is 31.7 Å². The first-order valence-corrected chi connectivity index (χ1v) is 6.08. The Morgan fingerprint density at radius 2 is 2.41 bits per heavy atom.